The highest BCUT2D eigenvalue weighted by Crippen LogP contribution is 2.27. The molecule has 2 aromatic carbocycles. The topological polar surface area (TPSA) is 71.3 Å². The number of methoxy groups -OCH3 is 1. The predicted octanol–water partition coefficient (Wildman–Crippen LogP) is 2.85. The van der Waals surface area contributed by atoms with E-state index < -0.39 is 0 Å². The normalized spacial score (nSPS) is 9.83. The van der Waals surface area contributed by atoms with E-state index in [-0.39, 0.29) is 12.5 Å². The number of nitrogens with one attached hydrogen (secondary N) is 1. The summed E-state index contributed by atoms with van der Waals surface area (Å²) < 4.78 is 10.6. The van der Waals surface area contributed by atoms with E-state index in [1.807, 2.05) is 36.4 Å². The molecule has 0 aliphatic heterocycles. The lowest BCUT2D eigenvalue weighted by molar-refractivity contribution is -0.122. The average molecular weight is 342 g/mol. The van der Waals surface area contributed by atoms with Crippen LogP contribution in [0.3, 0.4) is 0 Å². The molecule has 124 valence electrons. The highest BCUT2D eigenvalue weighted by atomic mass is 32.2. The minimum absolute atomic E-state index is 0.0989. The maximum absolute atomic E-state index is 11.8. The molecule has 2 rings (SSSR count). The molecular formula is C18H18N2O3S. The van der Waals surface area contributed by atoms with E-state index in [0.717, 1.165) is 5.75 Å². The summed E-state index contributed by atoms with van der Waals surface area (Å²) in [6.45, 7) is 0.463. The van der Waals surface area contributed by atoms with E-state index >= 15 is 0 Å². The van der Waals surface area contributed by atoms with Gasteiger partial charge in [0.1, 0.15) is 0 Å². The molecule has 0 aliphatic rings. The quantitative estimate of drug-likeness (QED) is 0.590. The zero-order valence-corrected chi connectivity index (χ0v) is 14.1. The molecule has 0 heterocycles. The molecule has 0 atom stereocenters. The smallest absolute Gasteiger partial charge is 0.257 e. The van der Waals surface area contributed by atoms with Gasteiger partial charge in [-0.15, -0.1) is 11.8 Å². The fourth-order valence-electron chi connectivity index (χ4n) is 1.93. The maximum Gasteiger partial charge on any atom is 0.257 e. The van der Waals surface area contributed by atoms with Gasteiger partial charge in [-0.2, -0.15) is 5.26 Å². The van der Waals surface area contributed by atoms with Crippen LogP contribution in [-0.4, -0.2) is 31.9 Å². The Morgan fingerprint density at radius 1 is 1.21 bits per heavy atom. The molecule has 1 N–H and O–H groups in total. The monoisotopic (exact) mass is 342 g/mol. The van der Waals surface area contributed by atoms with Crippen LogP contribution in [-0.2, 0) is 4.79 Å². The molecule has 0 bridgehead atoms. The summed E-state index contributed by atoms with van der Waals surface area (Å²) in [4.78, 5) is 13.0. The molecular weight excluding hydrogens is 324 g/mol. The van der Waals surface area contributed by atoms with Crippen molar-refractivity contribution in [1.82, 2.24) is 5.32 Å². The molecule has 2 aromatic rings. The summed E-state index contributed by atoms with van der Waals surface area (Å²) >= 11 is 1.68. The molecule has 0 fully saturated rings. The number of nitrogens with zero attached hydrogens (tertiary/aromatic N) is 1. The van der Waals surface area contributed by atoms with Crippen LogP contribution in [0.5, 0.6) is 11.5 Å². The lowest BCUT2D eigenvalue weighted by atomic mass is 10.2. The van der Waals surface area contributed by atoms with E-state index in [9.17, 15) is 4.79 Å². The standard InChI is InChI=1S/C18H18N2O3S/c1-22-17-11-14(12-19)7-8-16(17)23-13-18(21)20-9-10-24-15-5-3-2-4-6-15/h2-8,11H,9-10,13H2,1H3,(H,20,21). The highest BCUT2D eigenvalue weighted by Gasteiger charge is 2.08. The molecule has 0 aliphatic carbocycles. The van der Waals surface area contributed by atoms with Crippen LogP contribution in [0.1, 0.15) is 5.56 Å². The lowest BCUT2D eigenvalue weighted by Gasteiger charge is -2.11. The van der Waals surface area contributed by atoms with Gasteiger partial charge in [0, 0.05) is 23.3 Å². The molecule has 0 saturated heterocycles. The highest BCUT2D eigenvalue weighted by molar-refractivity contribution is 7.99. The summed E-state index contributed by atoms with van der Waals surface area (Å²) in [5.41, 5.74) is 0.474. The van der Waals surface area contributed by atoms with E-state index in [1.54, 1.807) is 30.0 Å². The molecule has 5 nitrogen and oxygen atoms in total. The molecule has 0 aromatic heterocycles. The summed E-state index contributed by atoms with van der Waals surface area (Å²) in [5, 5.41) is 11.7. The van der Waals surface area contributed by atoms with Gasteiger partial charge < -0.3 is 14.8 Å². The Hall–Kier alpha value is -2.65. The van der Waals surface area contributed by atoms with Gasteiger partial charge in [-0.1, -0.05) is 18.2 Å². The Labute approximate surface area is 145 Å². The van der Waals surface area contributed by atoms with Crippen molar-refractivity contribution >= 4 is 17.7 Å². The molecule has 1 amide bonds. The van der Waals surface area contributed by atoms with Crippen molar-refractivity contribution in [2.75, 3.05) is 26.0 Å². The van der Waals surface area contributed by atoms with E-state index in [0.29, 0.717) is 23.6 Å². The first-order chi connectivity index (χ1) is 11.7. The second kappa shape index (κ2) is 9.48. The fraction of sp³-hybridized carbons (Fsp3) is 0.222. The van der Waals surface area contributed by atoms with E-state index in [1.165, 1.54) is 12.0 Å². The number of carbonyl (C=O) groups is 1. The van der Waals surface area contributed by atoms with Crippen molar-refractivity contribution in [1.29, 1.82) is 5.26 Å². The third-order valence-corrected chi connectivity index (χ3v) is 4.10. The first kappa shape index (κ1) is 17.7. The Balaban J connectivity index is 1.72. The van der Waals surface area contributed by atoms with Crippen LogP contribution in [0.25, 0.3) is 0 Å². The third-order valence-electron chi connectivity index (χ3n) is 3.09. The van der Waals surface area contributed by atoms with Crippen LogP contribution < -0.4 is 14.8 Å². The summed E-state index contributed by atoms with van der Waals surface area (Å²) in [7, 11) is 1.49. The average Bonchev–Trinajstić information content (AvgIpc) is 2.64. The molecule has 0 saturated carbocycles. The van der Waals surface area contributed by atoms with Gasteiger partial charge in [0.2, 0.25) is 0 Å². The largest absolute Gasteiger partial charge is 0.493 e. The minimum atomic E-state index is -0.199. The molecule has 24 heavy (non-hydrogen) atoms. The zero-order chi connectivity index (χ0) is 17.2. The molecule has 0 spiro atoms. The second-order valence-electron chi connectivity index (χ2n) is 4.78. The van der Waals surface area contributed by atoms with Crippen molar-refractivity contribution in [2.45, 2.75) is 4.90 Å². The van der Waals surface area contributed by atoms with Gasteiger partial charge in [0.05, 0.1) is 18.7 Å². The summed E-state index contributed by atoms with van der Waals surface area (Å²) in [6, 6.07) is 16.8. The van der Waals surface area contributed by atoms with Crippen molar-refractivity contribution in [3.8, 4) is 17.6 Å². The number of hydrogen-bond acceptors (Lipinski definition) is 5. The number of hydrogen-bond donors (Lipinski definition) is 1. The first-order valence-electron chi connectivity index (χ1n) is 7.38. The number of nitriles is 1. The number of ether oxygens (including phenoxy) is 2. The van der Waals surface area contributed by atoms with Crippen LogP contribution >= 0.6 is 11.8 Å². The molecule has 0 unspecified atom stereocenters. The van der Waals surface area contributed by atoms with E-state index in [4.69, 9.17) is 14.7 Å². The van der Waals surface area contributed by atoms with Crippen LogP contribution in [0, 0.1) is 11.3 Å². The van der Waals surface area contributed by atoms with Gasteiger partial charge in [-0.3, -0.25) is 4.79 Å². The van der Waals surface area contributed by atoms with Crippen molar-refractivity contribution in [2.24, 2.45) is 0 Å². The van der Waals surface area contributed by atoms with Gasteiger partial charge in [0.25, 0.3) is 5.91 Å². The number of carbonyl (C=O) groups excluding carboxylic acids is 1. The van der Waals surface area contributed by atoms with Gasteiger partial charge in [0.15, 0.2) is 18.1 Å². The predicted molar refractivity (Wildman–Crippen MR) is 93.4 cm³/mol. The Kier molecular flexibility index (Phi) is 6.99. The summed E-state index contributed by atoms with van der Waals surface area (Å²) in [5.74, 6) is 1.46. The molecule has 6 heteroatoms. The summed E-state index contributed by atoms with van der Waals surface area (Å²) in [6.07, 6.45) is 0. The van der Waals surface area contributed by atoms with Crippen LogP contribution in [0.15, 0.2) is 53.4 Å². The Bertz CT molecular complexity index is 714. The number of thioether (sulfide) groups is 1. The second-order valence-corrected chi connectivity index (χ2v) is 5.95. The molecule has 0 radical (unpaired) electrons. The van der Waals surface area contributed by atoms with Crippen LogP contribution in [0.2, 0.25) is 0 Å². The fourth-order valence-corrected chi connectivity index (χ4v) is 2.72. The maximum atomic E-state index is 11.8. The SMILES string of the molecule is COc1cc(C#N)ccc1OCC(=O)NCCSc1ccccc1. The van der Waals surface area contributed by atoms with Crippen molar-refractivity contribution in [3.63, 3.8) is 0 Å². The van der Waals surface area contributed by atoms with Gasteiger partial charge in [-0.25, -0.2) is 0 Å². The van der Waals surface area contributed by atoms with E-state index in [2.05, 4.69) is 5.32 Å². The Morgan fingerprint density at radius 3 is 2.71 bits per heavy atom. The van der Waals surface area contributed by atoms with Gasteiger partial charge >= 0.3 is 0 Å². The first-order valence-corrected chi connectivity index (χ1v) is 8.37. The number of amides is 1. The van der Waals surface area contributed by atoms with Crippen molar-refractivity contribution in [3.05, 3.63) is 54.1 Å². The third kappa shape index (κ3) is 5.52. The van der Waals surface area contributed by atoms with Crippen molar-refractivity contribution < 1.29 is 14.3 Å². The number of benzene rings is 2. The Morgan fingerprint density at radius 2 is 2.00 bits per heavy atom. The van der Waals surface area contributed by atoms with Gasteiger partial charge in [-0.05, 0) is 24.3 Å². The number of rotatable bonds is 8. The zero-order valence-electron chi connectivity index (χ0n) is 13.3. The minimum Gasteiger partial charge on any atom is -0.493 e. The lowest BCUT2D eigenvalue weighted by Crippen LogP contribution is -2.30. The van der Waals surface area contributed by atoms with Crippen LogP contribution in [0.4, 0.5) is 0 Å².